The van der Waals surface area contributed by atoms with Crippen LogP contribution in [0.4, 0.5) is 0 Å². The summed E-state index contributed by atoms with van der Waals surface area (Å²) in [7, 11) is 0. The van der Waals surface area contributed by atoms with Crippen molar-refractivity contribution < 1.29 is 0 Å². The summed E-state index contributed by atoms with van der Waals surface area (Å²) in [5, 5.41) is 3.61. The monoisotopic (exact) mass is 221 g/mol. The van der Waals surface area contributed by atoms with Crippen LogP contribution in [0.1, 0.15) is 50.4 Å². The average molecular weight is 221 g/mol. The van der Waals surface area contributed by atoms with E-state index in [1.165, 1.54) is 37.8 Å². The second-order valence-corrected chi connectivity index (χ2v) is 5.04. The first-order valence-electron chi connectivity index (χ1n) is 6.49. The Bertz CT molecular complexity index is 313. The molecule has 0 aromatic carbocycles. The maximum atomic E-state index is 4.31. The number of aromatic amines is 1. The van der Waals surface area contributed by atoms with Gasteiger partial charge in [0.05, 0.1) is 12.0 Å². The van der Waals surface area contributed by atoms with Crippen LogP contribution in [0.15, 0.2) is 6.33 Å². The van der Waals surface area contributed by atoms with Gasteiger partial charge in [-0.1, -0.05) is 19.3 Å². The minimum Gasteiger partial charge on any atom is -0.348 e. The van der Waals surface area contributed by atoms with Crippen LogP contribution in [0.2, 0.25) is 0 Å². The van der Waals surface area contributed by atoms with Gasteiger partial charge in [-0.15, -0.1) is 0 Å². The van der Waals surface area contributed by atoms with Gasteiger partial charge in [0.15, 0.2) is 0 Å². The number of aromatic nitrogens is 2. The second-order valence-electron chi connectivity index (χ2n) is 5.04. The van der Waals surface area contributed by atoms with Crippen molar-refractivity contribution in [3.63, 3.8) is 0 Å². The highest BCUT2D eigenvalue weighted by molar-refractivity contribution is 5.08. The van der Waals surface area contributed by atoms with Crippen molar-refractivity contribution in [2.24, 2.45) is 5.92 Å². The molecular weight excluding hydrogens is 198 g/mol. The quantitative estimate of drug-likeness (QED) is 0.820. The molecule has 0 amide bonds. The lowest BCUT2D eigenvalue weighted by Gasteiger charge is -2.28. The molecule has 0 bridgehead atoms. The fraction of sp³-hybridized carbons (Fsp3) is 0.769. The van der Waals surface area contributed by atoms with E-state index in [2.05, 4.69) is 29.1 Å². The van der Waals surface area contributed by atoms with Crippen LogP contribution in [0, 0.1) is 12.8 Å². The van der Waals surface area contributed by atoms with Crippen molar-refractivity contribution in [1.29, 1.82) is 0 Å². The van der Waals surface area contributed by atoms with Crippen LogP contribution in [-0.2, 0) is 6.54 Å². The number of rotatable bonds is 4. The zero-order valence-corrected chi connectivity index (χ0v) is 10.4. The molecule has 1 fully saturated rings. The lowest BCUT2D eigenvalue weighted by atomic mass is 9.84. The van der Waals surface area contributed by atoms with Gasteiger partial charge in [-0.2, -0.15) is 0 Å². The first kappa shape index (κ1) is 11.6. The highest BCUT2D eigenvalue weighted by atomic mass is 15.0. The van der Waals surface area contributed by atoms with Crippen LogP contribution in [0.25, 0.3) is 0 Å². The van der Waals surface area contributed by atoms with Gasteiger partial charge >= 0.3 is 0 Å². The third kappa shape index (κ3) is 2.85. The molecule has 1 aromatic rings. The molecule has 90 valence electrons. The molecule has 0 aliphatic heterocycles. The molecule has 3 nitrogen and oxygen atoms in total. The smallest absolute Gasteiger partial charge is 0.0925 e. The molecule has 0 spiro atoms. The van der Waals surface area contributed by atoms with Gasteiger partial charge < -0.3 is 10.3 Å². The minimum absolute atomic E-state index is 0.622. The van der Waals surface area contributed by atoms with E-state index in [4.69, 9.17) is 0 Å². The van der Waals surface area contributed by atoms with Crippen LogP contribution in [-0.4, -0.2) is 16.0 Å². The molecular formula is C13H23N3. The van der Waals surface area contributed by atoms with Crippen molar-refractivity contribution in [2.45, 2.75) is 58.5 Å². The Morgan fingerprint density at radius 3 is 2.81 bits per heavy atom. The number of imidazole rings is 1. The van der Waals surface area contributed by atoms with Crippen molar-refractivity contribution >= 4 is 0 Å². The number of hydrogen-bond acceptors (Lipinski definition) is 2. The normalized spacial score (nSPS) is 19.9. The van der Waals surface area contributed by atoms with Crippen LogP contribution >= 0.6 is 0 Å². The van der Waals surface area contributed by atoms with E-state index in [9.17, 15) is 0 Å². The summed E-state index contributed by atoms with van der Waals surface area (Å²) in [6.45, 7) is 5.29. The van der Waals surface area contributed by atoms with Crippen molar-refractivity contribution in [3.8, 4) is 0 Å². The lowest BCUT2D eigenvalue weighted by Crippen LogP contribution is -2.34. The Labute approximate surface area is 98.1 Å². The molecule has 0 saturated heterocycles. The van der Waals surface area contributed by atoms with E-state index in [-0.39, 0.29) is 0 Å². The Morgan fingerprint density at radius 2 is 2.19 bits per heavy atom. The summed E-state index contributed by atoms with van der Waals surface area (Å²) in [5.74, 6) is 0.869. The summed E-state index contributed by atoms with van der Waals surface area (Å²) in [6, 6.07) is 0.622. The van der Waals surface area contributed by atoms with E-state index in [1.807, 2.05) is 0 Å². The maximum absolute atomic E-state index is 4.31. The number of nitrogens with one attached hydrogen (secondary N) is 2. The molecule has 2 rings (SSSR count). The molecule has 3 heteroatoms. The van der Waals surface area contributed by atoms with Gasteiger partial charge in [-0.3, -0.25) is 0 Å². The predicted octanol–water partition coefficient (Wildman–Crippen LogP) is 2.78. The predicted molar refractivity (Wildman–Crippen MR) is 66.2 cm³/mol. The summed E-state index contributed by atoms with van der Waals surface area (Å²) < 4.78 is 0. The summed E-state index contributed by atoms with van der Waals surface area (Å²) in [4.78, 5) is 7.44. The Kier molecular flexibility index (Phi) is 3.99. The molecule has 1 aliphatic carbocycles. The molecule has 0 radical (unpaired) electrons. The van der Waals surface area contributed by atoms with Crippen LogP contribution < -0.4 is 5.32 Å². The first-order valence-corrected chi connectivity index (χ1v) is 6.49. The van der Waals surface area contributed by atoms with Crippen LogP contribution in [0.3, 0.4) is 0 Å². The molecule has 1 aromatic heterocycles. The molecule has 1 heterocycles. The third-order valence-electron chi connectivity index (χ3n) is 3.88. The minimum atomic E-state index is 0.622. The zero-order chi connectivity index (χ0) is 11.4. The Hall–Kier alpha value is -0.830. The zero-order valence-electron chi connectivity index (χ0n) is 10.4. The number of H-pyrrole nitrogens is 1. The molecule has 2 N–H and O–H groups in total. The van der Waals surface area contributed by atoms with Crippen LogP contribution in [0.5, 0.6) is 0 Å². The van der Waals surface area contributed by atoms with E-state index < -0.39 is 0 Å². The maximum Gasteiger partial charge on any atom is 0.0925 e. The van der Waals surface area contributed by atoms with E-state index in [1.54, 1.807) is 6.33 Å². The molecule has 1 aliphatic rings. The number of hydrogen-bond donors (Lipinski definition) is 2. The van der Waals surface area contributed by atoms with Gasteiger partial charge in [-0.05, 0) is 32.6 Å². The largest absolute Gasteiger partial charge is 0.348 e. The first-order chi connectivity index (χ1) is 7.77. The van der Waals surface area contributed by atoms with Crippen molar-refractivity contribution in [3.05, 3.63) is 17.7 Å². The SMILES string of the molecule is Cc1[nH]cnc1CN[C@@H](C)C1CCCCC1. The Balaban J connectivity index is 1.78. The number of nitrogens with zero attached hydrogens (tertiary/aromatic N) is 1. The van der Waals surface area contributed by atoms with Crippen molar-refractivity contribution in [1.82, 2.24) is 15.3 Å². The van der Waals surface area contributed by atoms with Gasteiger partial charge in [-0.25, -0.2) is 4.98 Å². The highest BCUT2D eigenvalue weighted by Crippen LogP contribution is 2.26. The summed E-state index contributed by atoms with van der Waals surface area (Å²) >= 11 is 0. The number of aryl methyl sites for hydroxylation is 1. The average Bonchev–Trinajstić information content (AvgIpc) is 2.73. The topological polar surface area (TPSA) is 40.7 Å². The molecule has 1 atom stereocenters. The van der Waals surface area contributed by atoms with E-state index in [0.29, 0.717) is 6.04 Å². The van der Waals surface area contributed by atoms with Gasteiger partial charge in [0.2, 0.25) is 0 Å². The standard InChI is InChI=1S/C13H23N3/c1-10(12-6-4-3-5-7-12)14-8-13-11(2)15-9-16-13/h9-10,12,14H,3-8H2,1-2H3,(H,15,16)/t10-/m0/s1. The van der Waals surface area contributed by atoms with Crippen molar-refractivity contribution in [2.75, 3.05) is 0 Å². The summed E-state index contributed by atoms with van der Waals surface area (Å²) in [5.41, 5.74) is 2.34. The fourth-order valence-electron chi connectivity index (χ4n) is 2.62. The van der Waals surface area contributed by atoms with Gasteiger partial charge in [0.1, 0.15) is 0 Å². The molecule has 16 heavy (non-hydrogen) atoms. The summed E-state index contributed by atoms with van der Waals surface area (Å²) in [6.07, 6.45) is 8.83. The fourth-order valence-corrected chi connectivity index (χ4v) is 2.62. The Morgan fingerprint density at radius 1 is 1.44 bits per heavy atom. The highest BCUT2D eigenvalue weighted by Gasteiger charge is 2.19. The van der Waals surface area contributed by atoms with E-state index >= 15 is 0 Å². The lowest BCUT2D eigenvalue weighted by molar-refractivity contribution is 0.280. The second kappa shape index (κ2) is 5.48. The van der Waals surface area contributed by atoms with E-state index in [0.717, 1.165) is 18.2 Å². The molecule has 0 unspecified atom stereocenters. The van der Waals surface area contributed by atoms with Gasteiger partial charge in [0.25, 0.3) is 0 Å². The van der Waals surface area contributed by atoms with Gasteiger partial charge in [0, 0.05) is 18.3 Å². The molecule has 1 saturated carbocycles. The third-order valence-corrected chi connectivity index (χ3v) is 3.88.